The lowest BCUT2D eigenvalue weighted by molar-refractivity contribution is -0.130. The van der Waals surface area contributed by atoms with Crippen LogP contribution in [-0.2, 0) is 21.5 Å². The zero-order chi connectivity index (χ0) is 16.3. The lowest BCUT2D eigenvalue weighted by atomic mass is 9.73. The molecule has 1 aromatic carbocycles. The first-order valence-corrected chi connectivity index (χ1v) is 7.67. The zero-order valence-electron chi connectivity index (χ0n) is 13.0. The summed E-state index contributed by atoms with van der Waals surface area (Å²) in [7, 11) is 0. The number of ether oxygens (including phenoxy) is 1. The summed E-state index contributed by atoms with van der Waals surface area (Å²) in [6, 6.07) is 8.06. The van der Waals surface area contributed by atoms with Gasteiger partial charge in [-0.25, -0.2) is 9.89 Å². The maximum Gasteiger partial charge on any atom is 0.340 e. The van der Waals surface area contributed by atoms with Crippen LogP contribution in [0.4, 0.5) is 0 Å². The van der Waals surface area contributed by atoms with Crippen LogP contribution in [-0.4, -0.2) is 34.3 Å². The number of carbonyl (C=O) groups is 1. The van der Waals surface area contributed by atoms with Crippen molar-refractivity contribution in [2.24, 2.45) is 0 Å². The van der Waals surface area contributed by atoms with E-state index in [9.17, 15) is 9.59 Å². The molecule has 3 N–H and O–H groups in total. The Morgan fingerprint density at radius 2 is 2.00 bits per heavy atom. The first-order valence-electron chi connectivity index (χ1n) is 7.67. The van der Waals surface area contributed by atoms with E-state index in [1.165, 1.54) is 0 Å². The third-order valence-corrected chi connectivity index (χ3v) is 4.35. The molecule has 3 rings (SSSR count). The summed E-state index contributed by atoms with van der Waals surface area (Å²) in [5.74, 6) is 0.350. The van der Waals surface area contributed by atoms with Gasteiger partial charge in [0.25, 0.3) is 0 Å². The minimum absolute atomic E-state index is 0.0616. The number of carbonyl (C=O) groups excluding carboxylic acids is 1. The number of aromatic amines is 2. The van der Waals surface area contributed by atoms with Crippen LogP contribution in [0.1, 0.15) is 29.8 Å². The molecule has 0 radical (unpaired) electrons. The number of amides is 1. The van der Waals surface area contributed by atoms with Crippen LogP contribution in [0.3, 0.4) is 0 Å². The highest BCUT2D eigenvalue weighted by molar-refractivity contribution is 5.88. The highest BCUT2D eigenvalue weighted by atomic mass is 16.5. The summed E-state index contributed by atoms with van der Waals surface area (Å²) in [6.45, 7) is 3.32. The molecule has 1 aromatic heterocycles. The van der Waals surface area contributed by atoms with Crippen molar-refractivity contribution in [3.63, 3.8) is 0 Å². The first kappa shape index (κ1) is 15.5. The molecule has 1 aliphatic rings. The topological polar surface area (TPSA) is 99.9 Å². The average molecular weight is 316 g/mol. The van der Waals surface area contributed by atoms with E-state index in [0.29, 0.717) is 31.9 Å². The van der Waals surface area contributed by atoms with Gasteiger partial charge in [0, 0.05) is 13.2 Å². The molecule has 0 spiro atoms. The van der Waals surface area contributed by atoms with Crippen LogP contribution in [0.25, 0.3) is 0 Å². The van der Waals surface area contributed by atoms with Crippen molar-refractivity contribution >= 4 is 5.91 Å². The molecule has 0 atom stereocenters. The molecule has 1 saturated heterocycles. The van der Waals surface area contributed by atoms with E-state index < -0.39 is 5.41 Å². The highest BCUT2D eigenvalue weighted by Gasteiger charge is 2.41. The largest absolute Gasteiger partial charge is 0.381 e. The summed E-state index contributed by atoms with van der Waals surface area (Å²) in [6.07, 6.45) is 1.28. The maximum atomic E-state index is 12.9. The quantitative estimate of drug-likeness (QED) is 0.775. The third kappa shape index (κ3) is 3.19. The third-order valence-electron chi connectivity index (χ3n) is 4.35. The second-order valence-electron chi connectivity index (χ2n) is 5.87. The maximum absolute atomic E-state index is 12.9. The van der Waals surface area contributed by atoms with Crippen molar-refractivity contribution in [1.29, 1.82) is 0 Å². The van der Waals surface area contributed by atoms with E-state index in [-0.39, 0.29) is 18.1 Å². The lowest BCUT2D eigenvalue weighted by Gasteiger charge is -2.36. The van der Waals surface area contributed by atoms with Gasteiger partial charge >= 0.3 is 5.69 Å². The normalized spacial score (nSPS) is 16.9. The summed E-state index contributed by atoms with van der Waals surface area (Å²) >= 11 is 0. The summed E-state index contributed by atoms with van der Waals surface area (Å²) < 4.78 is 5.44. The fourth-order valence-corrected chi connectivity index (χ4v) is 2.96. The van der Waals surface area contributed by atoms with Crippen molar-refractivity contribution in [2.45, 2.75) is 31.7 Å². The number of H-pyrrole nitrogens is 2. The molecule has 0 unspecified atom stereocenters. The molecule has 0 aliphatic carbocycles. The molecule has 1 fully saturated rings. The number of hydrogen-bond acceptors (Lipinski definition) is 4. The van der Waals surface area contributed by atoms with Gasteiger partial charge in [-0.2, -0.15) is 5.10 Å². The fourth-order valence-electron chi connectivity index (χ4n) is 2.96. The van der Waals surface area contributed by atoms with Gasteiger partial charge in [0.2, 0.25) is 5.91 Å². The van der Waals surface area contributed by atoms with Crippen LogP contribution in [0.15, 0.2) is 29.1 Å². The van der Waals surface area contributed by atoms with E-state index in [4.69, 9.17) is 4.74 Å². The Balaban J connectivity index is 1.81. The molecular weight excluding hydrogens is 296 g/mol. The minimum Gasteiger partial charge on any atom is -0.381 e. The van der Waals surface area contributed by atoms with Gasteiger partial charge < -0.3 is 10.1 Å². The van der Waals surface area contributed by atoms with Gasteiger partial charge in [-0.1, -0.05) is 29.8 Å². The van der Waals surface area contributed by atoms with E-state index in [1.54, 1.807) is 0 Å². The number of nitrogens with one attached hydrogen (secondary N) is 3. The van der Waals surface area contributed by atoms with Gasteiger partial charge in [0.05, 0.1) is 12.0 Å². The molecular formula is C16H20N4O3. The number of rotatable bonds is 4. The molecule has 122 valence electrons. The molecule has 23 heavy (non-hydrogen) atoms. The van der Waals surface area contributed by atoms with E-state index in [0.717, 1.165) is 11.1 Å². The number of aryl methyl sites for hydroxylation is 1. The van der Waals surface area contributed by atoms with Crippen molar-refractivity contribution < 1.29 is 9.53 Å². The summed E-state index contributed by atoms with van der Waals surface area (Å²) in [5, 5.41) is 8.98. The minimum atomic E-state index is -0.595. The van der Waals surface area contributed by atoms with Crippen molar-refractivity contribution in [2.75, 3.05) is 13.2 Å². The number of nitrogens with zero attached hydrogens (tertiary/aromatic N) is 1. The van der Waals surface area contributed by atoms with Gasteiger partial charge in [0.15, 0.2) is 0 Å². The van der Waals surface area contributed by atoms with Crippen LogP contribution in [0.2, 0.25) is 0 Å². The van der Waals surface area contributed by atoms with Gasteiger partial charge in [0.1, 0.15) is 5.82 Å². The van der Waals surface area contributed by atoms with E-state index in [1.807, 2.05) is 31.2 Å². The van der Waals surface area contributed by atoms with Crippen molar-refractivity contribution in [3.8, 4) is 0 Å². The lowest BCUT2D eigenvalue weighted by Crippen LogP contribution is -2.47. The predicted octanol–water partition coefficient (Wildman–Crippen LogP) is 0.771. The number of benzene rings is 1. The summed E-state index contributed by atoms with van der Waals surface area (Å²) in [4.78, 5) is 26.5. The van der Waals surface area contributed by atoms with Gasteiger partial charge in [-0.3, -0.25) is 9.78 Å². The molecule has 2 aromatic rings. The molecule has 7 heteroatoms. The number of aromatic nitrogens is 3. The fraction of sp³-hybridized carbons (Fsp3) is 0.438. The van der Waals surface area contributed by atoms with Crippen LogP contribution in [0, 0.1) is 6.92 Å². The molecule has 2 heterocycles. The Labute approximate surface area is 133 Å². The second kappa shape index (κ2) is 6.37. The Morgan fingerprint density at radius 1 is 1.30 bits per heavy atom. The standard InChI is InChI=1S/C16H20N4O3/c1-11-2-4-12(5-3-11)16(6-8-23-9-7-16)14(21)17-10-13-18-15(22)20-19-13/h2-5H,6-10H2,1H3,(H,17,21)(H2,18,19,20,22). The van der Waals surface area contributed by atoms with Gasteiger partial charge in [-0.15, -0.1) is 0 Å². The molecule has 1 amide bonds. The zero-order valence-corrected chi connectivity index (χ0v) is 13.0. The highest BCUT2D eigenvalue weighted by Crippen LogP contribution is 2.35. The van der Waals surface area contributed by atoms with Crippen molar-refractivity contribution in [1.82, 2.24) is 20.5 Å². The van der Waals surface area contributed by atoms with Gasteiger partial charge in [-0.05, 0) is 25.3 Å². The Kier molecular flexibility index (Phi) is 4.29. The number of hydrogen-bond donors (Lipinski definition) is 3. The molecule has 0 bridgehead atoms. The molecule has 0 saturated carbocycles. The smallest absolute Gasteiger partial charge is 0.340 e. The van der Waals surface area contributed by atoms with E-state index >= 15 is 0 Å². The molecule has 1 aliphatic heterocycles. The second-order valence-corrected chi connectivity index (χ2v) is 5.87. The Morgan fingerprint density at radius 3 is 2.61 bits per heavy atom. The average Bonchev–Trinajstić information content (AvgIpc) is 2.99. The van der Waals surface area contributed by atoms with Crippen LogP contribution < -0.4 is 11.0 Å². The Hall–Kier alpha value is -2.41. The first-order chi connectivity index (χ1) is 11.1. The van der Waals surface area contributed by atoms with Crippen LogP contribution in [0.5, 0.6) is 0 Å². The van der Waals surface area contributed by atoms with Crippen LogP contribution >= 0.6 is 0 Å². The Bertz CT molecular complexity index is 726. The predicted molar refractivity (Wildman–Crippen MR) is 84.0 cm³/mol. The van der Waals surface area contributed by atoms with E-state index in [2.05, 4.69) is 20.5 Å². The SMILES string of the molecule is Cc1ccc(C2(C(=O)NCc3n[nH]c(=O)[nH]3)CCOCC2)cc1. The summed E-state index contributed by atoms with van der Waals surface area (Å²) in [5.41, 5.74) is 1.18. The van der Waals surface area contributed by atoms with Crippen molar-refractivity contribution in [3.05, 3.63) is 51.7 Å². The molecule has 7 nitrogen and oxygen atoms in total. The monoisotopic (exact) mass is 316 g/mol.